The third-order valence-corrected chi connectivity index (χ3v) is 4.84. The molecule has 0 saturated heterocycles. The predicted molar refractivity (Wildman–Crippen MR) is 97.7 cm³/mol. The van der Waals surface area contributed by atoms with Crippen LogP contribution in [0.25, 0.3) is 10.9 Å². The summed E-state index contributed by atoms with van der Waals surface area (Å²) in [5.41, 5.74) is 1.18. The zero-order valence-corrected chi connectivity index (χ0v) is 15.4. The monoisotopic (exact) mass is 387 g/mol. The highest BCUT2D eigenvalue weighted by Gasteiger charge is 2.28. The molecular weight excluding hydrogens is 368 g/mol. The number of hydrogen-bond donors (Lipinski definition) is 1. The van der Waals surface area contributed by atoms with Gasteiger partial charge in [0.2, 0.25) is 5.91 Å². The van der Waals surface area contributed by atoms with Gasteiger partial charge >= 0.3 is 0 Å². The molecule has 1 amide bonds. The minimum atomic E-state index is -0.720. The van der Waals surface area contributed by atoms with E-state index in [0.717, 1.165) is 35.7 Å². The van der Waals surface area contributed by atoms with Gasteiger partial charge in [0.25, 0.3) is 5.56 Å². The molecule has 1 fully saturated rings. The Labute approximate surface area is 159 Å². The summed E-state index contributed by atoms with van der Waals surface area (Å²) in [6.45, 7) is 3.06. The van der Waals surface area contributed by atoms with Crippen LogP contribution < -0.4 is 10.9 Å². The van der Waals surface area contributed by atoms with Crippen LogP contribution in [0, 0.1) is 18.6 Å². The Morgan fingerprint density at radius 1 is 1.29 bits per heavy atom. The zero-order valence-electron chi connectivity index (χ0n) is 15.4. The molecule has 2 heterocycles. The number of nitrogens with one attached hydrogen (secondary N) is 1. The Bertz CT molecular complexity index is 1110. The molecule has 0 spiro atoms. The second-order valence-corrected chi connectivity index (χ2v) is 7.12. The van der Waals surface area contributed by atoms with Crippen molar-refractivity contribution in [1.82, 2.24) is 24.9 Å². The molecule has 0 unspecified atom stereocenters. The van der Waals surface area contributed by atoms with Gasteiger partial charge in [0, 0.05) is 6.07 Å². The van der Waals surface area contributed by atoms with Crippen LogP contribution in [0.15, 0.2) is 29.2 Å². The van der Waals surface area contributed by atoms with Crippen molar-refractivity contribution in [2.24, 2.45) is 0 Å². The van der Waals surface area contributed by atoms with E-state index in [1.807, 2.05) is 4.68 Å². The Morgan fingerprint density at radius 3 is 2.61 bits per heavy atom. The molecule has 1 aliphatic carbocycles. The number of amides is 1. The average Bonchev–Trinajstić information content (AvgIpc) is 3.40. The van der Waals surface area contributed by atoms with E-state index in [1.54, 1.807) is 20.0 Å². The van der Waals surface area contributed by atoms with E-state index in [2.05, 4.69) is 15.5 Å². The summed E-state index contributed by atoms with van der Waals surface area (Å²) in [5, 5.41) is 11.6. The van der Waals surface area contributed by atoms with Crippen molar-refractivity contribution in [2.75, 3.05) is 0 Å². The fraction of sp³-hybridized carbons (Fsp3) is 0.368. The molecule has 0 aliphatic heterocycles. The molecule has 146 valence electrons. The van der Waals surface area contributed by atoms with E-state index < -0.39 is 23.6 Å². The van der Waals surface area contributed by atoms with Crippen LogP contribution in [0.5, 0.6) is 0 Å². The Balaban J connectivity index is 1.54. The number of aromatic nitrogens is 4. The van der Waals surface area contributed by atoms with Crippen molar-refractivity contribution in [3.63, 3.8) is 0 Å². The molecule has 1 atom stereocenters. The Kier molecular flexibility index (Phi) is 4.44. The van der Waals surface area contributed by atoms with Gasteiger partial charge in [-0.1, -0.05) is 0 Å². The van der Waals surface area contributed by atoms with Crippen LogP contribution in [0.3, 0.4) is 0 Å². The van der Waals surface area contributed by atoms with Crippen molar-refractivity contribution in [3.8, 4) is 0 Å². The minimum absolute atomic E-state index is 0.295. The van der Waals surface area contributed by atoms with Crippen LogP contribution in [0.4, 0.5) is 8.78 Å². The van der Waals surface area contributed by atoms with Crippen LogP contribution in [0.2, 0.25) is 0 Å². The summed E-state index contributed by atoms with van der Waals surface area (Å²) in [4.78, 5) is 25.1. The lowest BCUT2D eigenvalue weighted by Crippen LogP contribution is -2.35. The highest BCUT2D eigenvalue weighted by atomic mass is 19.1. The van der Waals surface area contributed by atoms with Crippen molar-refractivity contribution < 1.29 is 13.6 Å². The number of rotatable bonds is 5. The summed E-state index contributed by atoms with van der Waals surface area (Å²) in [7, 11) is 0. The molecule has 28 heavy (non-hydrogen) atoms. The van der Waals surface area contributed by atoms with E-state index >= 15 is 0 Å². The summed E-state index contributed by atoms with van der Waals surface area (Å²) < 4.78 is 29.6. The fourth-order valence-corrected chi connectivity index (χ4v) is 3.30. The molecular formula is C19H19F2N5O2. The third-order valence-electron chi connectivity index (χ3n) is 4.84. The zero-order chi connectivity index (χ0) is 20.0. The van der Waals surface area contributed by atoms with E-state index in [4.69, 9.17) is 0 Å². The van der Waals surface area contributed by atoms with Crippen molar-refractivity contribution in [1.29, 1.82) is 0 Å². The van der Waals surface area contributed by atoms with E-state index in [9.17, 15) is 18.4 Å². The summed E-state index contributed by atoms with van der Waals surface area (Å²) in [6.07, 6.45) is 3.61. The van der Waals surface area contributed by atoms with Crippen LogP contribution in [-0.2, 0) is 11.3 Å². The maximum Gasteiger partial charge on any atom is 0.278 e. The molecule has 3 aromatic rings. The Morgan fingerprint density at radius 2 is 1.96 bits per heavy atom. The average molecular weight is 387 g/mol. The van der Waals surface area contributed by atoms with Gasteiger partial charge in [-0.05, 0) is 44.4 Å². The van der Waals surface area contributed by atoms with E-state index in [0.29, 0.717) is 28.2 Å². The van der Waals surface area contributed by atoms with Gasteiger partial charge in [-0.2, -0.15) is 10.2 Å². The first-order valence-corrected chi connectivity index (χ1v) is 9.04. The van der Waals surface area contributed by atoms with Crippen molar-refractivity contribution >= 4 is 16.8 Å². The number of benzene rings is 1. The highest BCUT2D eigenvalue weighted by molar-refractivity contribution is 5.81. The fourth-order valence-electron chi connectivity index (χ4n) is 3.30. The van der Waals surface area contributed by atoms with E-state index in [-0.39, 0.29) is 12.1 Å². The number of nitrogens with zero attached hydrogens (tertiary/aromatic N) is 4. The minimum Gasteiger partial charge on any atom is -0.348 e. The molecule has 1 N–H and O–H groups in total. The molecule has 1 aromatic carbocycles. The number of fused-ring (bicyclic) bond motifs is 1. The first kappa shape index (κ1) is 18.3. The van der Waals surface area contributed by atoms with Gasteiger partial charge in [-0.15, -0.1) is 0 Å². The van der Waals surface area contributed by atoms with Crippen LogP contribution in [0.1, 0.15) is 43.1 Å². The molecule has 1 aliphatic rings. The number of halogens is 2. The van der Waals surface area contributed by atoms with Crippen molar-refractivity contribution in [3.05, 3.63) is 57.6 Å². The SMILES string of the molecule is Cc1nn(C2CC2)c2cnn(CC(=O)N[C@@H](C)c3cc(F)cc(F)c3)c(=O)c12. The van der Waals surface area contributed by atoms with Gasteiger partial charge in [0.15, 0.2) is 0 Å². The summed E-state index contributed by atoms with van der Waals surface area (Å²) >= 11 is 0. The second kappa shape index (κ2) is 6.81. The van der Waals surface area contributed by atoms with Gasteiger partial charge in [0.05, 0.1) is 34.9 Å². The smallest absolute Gasteiger partial charge is 0.278 e. The van der Waals surface area contributed by atoms with E-state index in [1.165, 1.54) is 0 Å². The maximum absolute atomic E-state index is 13.4. The molecule has 7 nitrogen and oxygen atoms in total. The predicted octanol–water partition coefficient (Wildman–Crippen LogP) is 2.39. The molecule has 1 saturated carbocycles. The number of carbonyl (C=O) groups excluding carboxylic acids is 1. The molecule has 0 bridgehead atoms. The molecule has 4 rings (SSSR count). The third kappa shape index (κ3) is 3.39. The topological polar surface area (TPSA) is 81.8 Å². The largest absolute Gasteiger partial charge is 0.348 e. The quantitative estimate of drug-likeness (QED) is 0.729. The van der Waals surface area contributed by atoms with Gasteiger partial charge in [0.1, 0.15) is 18.2 Å². The summed E-state index contributed by atoms with van der Waals surface area (Å²) in [5.74, 6) is -1.93. The van der Waals surface area contributed by atoms with Crippen LogP contribution in [-0.4, -0.2) is 25.5 Å². The number of carbonyl (C=O) groups is 1. The molecule has 9 heteroatoms. The van der Waals surface area contributed by atoms with Gasteiger partial charge in [-0.3, -0.25) is 14.3 Å². The number of aryl methyl sites for hydroxylation is 1. The standard InChI is InChI=1S/C19H19F2N5O2/c1-10(12-5-13(20)7-14(21)6-12)23-17(27)9-25-19(28)18-11(2)24-26(15-3-4-15)16(18)8-22-25/h5-8,10,15H,3-4,9H2,1-2H3,(H,23,27)/t10-/m0/s1. The normalized spacial score (nSPS) is 15.0. The summed E-state index contributed by atoms with van der Waals surface area (Å²) in [6, 6.07) is 2.75. The first-order valence-electron chi connectivity index (χ1n) is 9.04. The lowest BCUT2D eigenvalue weighted by molar-refractivity contribution is -0.122. The Hall–Kier alpha value is -3.10. The number of hydrogen-bond acceptors (Lipinski definition) is 4. The first-order chi connectivity index (χ1) is 13.3. The second-order valence-electron chi connectivity index (χ2n) is 7.12. The van der Waals surface area contributed by atoms with Gasteiger partial charge in [-0.25, -0.2) is 13.5 Å². The molecule has 0 radical (unpaired) electrons. The maximum atomic E-state index is 13.4. The lowest BCUT2D eigenvalue weighted by atomic mass is 10.1. The van der Waals surface area contributed by atoms with Crippen LogP contribution >= 0.6 is 0 Å². The van der Waals surface area contributed by atoms with Gasteiger partial charge < -0.3 is 5.32 Å². The lowest BCUT2D eigenvalue weighted by Gasteiger charge is -2.15. The molecule has 2 aromatic heterocycles. The van der Waals surface area contributed by atoms with Crippen molar-refractivity contribution in [2.45, 2.75) is 45.3 Å². The highest BCUT2D eigenvalue weighted by Crippen LogP contribution is 2.36.